The number of aromatic nitrogens is 1. The molecule has 8 heteroatoms. The van der Waals surface area contributed by atoms with E-state index in [0.717, 1.165) is 0 Å². The lowest BCUT2D eigenvalue weighted by Crippen LogP contribution is -2.42. The second kappa shape index (κ2) is 6.82. The summed E-state index contributed by atoms with van der Waals surface area (Å²) in [6.45, 7) is -1.77. The number of aromatic amines is 1. The van der Waals surface area contributed by atoms with Crippen molar-refractivity contribution in [2.24, 2.45) is 0 Å². The summed E-state index contributed by atoms with van der Waals surface area (Å²) >= 11 is 0. The topological polar surface area (TPSA) is 62.4 Å². The van der Waals surface area contributed by atoms with E-state index in [-0.39, 0.29) is 18.7 Å². The molecule has 0 bridgehead atoms. The van der Waals surface area contributed by atoms with Crippen LogP contribution in [0.15, 0.2) is 35.1 Å². The van der Waals surface area contributed by atoms with Crippen molar-refractivity contribution in [3.8, 4) is 0 Å². The SMILES string of the molecule is COCCN(CC(F)(F)F)C(=O)c1cc2ccccc2[nH]c1=O. The van der Waals surface area contributed by atoms with Crippen LogP contribution in [0, 0.1) is 0 Å². The Morgan fingerprint density at radius 2 is 2.00 bits per heavy atom. The van der Waals surface area contributed by atoms with Gasteiger partial charge in [0.1, 0.15) is 12.1 Å². The van der Waals surface area contributed by atoms with Crippen LogP contribution in [0.3, 0.4) is 0 Å². The Bertz CT molecular complexity index is 755. The Morgan fingerprint density at radius 1 is 1.30 bits per heavy atom. The van der Waals surface area contributed by atoms with E-state index in [4.69, 9.17) is 4.74 Å². The number of pyridine rings is 1. The Hall–Kier alpha value is -2.35. The van der Waals surface area contributed by atoms with Crippen LogP contribution in [0.5, 0.6) is 0 Å². The van der Waals surface area contributed by atoms with Crippen molar-refractivity contribution in [3.63, 3.8) is 0 Å². The van der Waals surface area contributed by atoms with Crippen molar-refractivity contribution in [3.05, 3.63) is 46.2 Å². The van der Waals surface area contributed by atoms with Gasteiger partial charge in [0.05, 0.1) is 6.61 Å². The molecule has 0 atom stereocenters. The standard InChI is InChI=1S/C15H15F3N2O3/c1-23-7-6-20(9-15(16,17)18)14(22)11-8-10-4-2-3-5-12(10)19-13(11)21/h2-5,8H,6-7,9H2,1H3,(H,19,21). The number of amides is 1. The maximum Gasteiger partial charge on any atom is 0.406 e. The number of fused-ring (bicyclic) bond motifs is 1. The highest BCUT2D eigenvalue weighted by Crippen LogP contribution is 2.18. The van der Waals surface area contributed by atoms with E-state index in [0.29, 0.717) is 15.8 Å². The minimum Gasteiger partial charge on any atom is -0.383 e. The van der Waals surface area contributed by atoms with Gasteiger partial charge in [-0.15, -0.1) is 0 Å². The van der Waals surface area contributed by atoms with Crippen LogP contribution in [0.25, 0.3) is 10.9 Å². The number of nitrogens with one attached hydrogen (secondary N) is 1. The molecule has 1 aromatic heterocycles. The third-order valence-electron chi connectivity index (χ3n) is 3.21. The minimum absolute atomic E-state index is 0.0622. The molecule has 1 amide bonds. The van der Waals surface area contributed by atoms with Gasteiger partial charge in [-0.2, -0.15) is 13.2 Å². The first-order valence-corrected chi connectivity index (χ1v) is 6.79. The second-order valence-corrected chi connectivity index (χ2v) is 4.93. The van der Waals surface area contributed by atoms with Crippen molar-refractivity contribution in [2.45, 2.75) is 6.18 Å². The number of halogens is 3. The molecule has 0 unspecified atom stereocenters. The van der Waals surface area contributed by atoms with Gasteiger partial charge in [-0.25, -0.2) is 0 Å². The van der Waals surface area contributed by atoms with Crippen molar-refractivity contribution in [1.82, 2.24) is 9.88 Å². The molecular formula is C15H15F3N2O3. The summed E-state index contributed by atoms with van der Waals surface area (Å²) in [5.74, 6) is -0.980. The van der Waals surface area contributed by atoms with Crippen LogP contribution < -0.4 is 5.56 Å². The minimum atomic E-state index is -4.56. The molecule has 0 aliphatic rings. The van der Waals surface area contributed by atoms with Crippen LogP contribution in [-0.2, 0) is 4.74 Å². The van der Waals surface area contributed by atoms with E-state index in [1.54, 1.807) is 24.3 Å². The molecule has 0 radical (unpaired) electrons. The number of carbonyl (C=O) groups is 1. The summed E-state index contributed by atoms with van der Waals surface area (Å²) in [4.78, 5) is 27.4. The first-order valence-electron chi connectivity index (χ1n) is 6.79. The van der Waals surface area contributed by atoms with E-state index in [1.807, 2.05) is 0 Å². The molecule has 1 heterocycles. The van der Waals surface area contributed by atoms with Crippen LogP contribution >= 0.6 is 0 Å². The van der Waals surface area contributed by atoms with Crippen molar-refractivity contribution in [2.75, 3.05) is 26.8 Å². The number of nitrogens with zero attached hydrogens (tertiary/aromatic N) is 1. The highest BCUT2D eigenvalue weighted by molar-refractivity contribution is 5.97. The van der Waals surface area contributed by atoms with E-state index >= 15 is 0 Å². The van der Waals surface area contributed by atoms with Gasteiger partial charge in [-0.1, -0.05) is 18.2 Å². The zero-order chi connectivity index (χ0) is 17.0. The van der Waals surface area contributed by atoms with Crippen LogP contribution in [0.2, 0.25) is 0 Å². The number of para-hydroxylation sites is 1. The monoisotopic (exact) mass is 328 g/mol. The molecule has 0 saturated carbocycles. The van der Waals surface area contributed by atoms with Gasteiger partial charge in [0.25, 0.3) is 11.5 Å². The summed E-state index contributed by atoms with van der Waals surface area (Å²) in [6.07, 6.45) is -4.56. The number of benzene rings is 1. The molecule has 0 aliphatic carbocycles. The second-order valence-electron chi connectivity index (χ2n) is 4.93. The van der Waals surface area contributed by atoms with Gasteiger partial charge >= 0.3 is 6.18 Å². The molecule has 2 aromatic rings. The van der Waals surface area contributed by atoms with E-state index in [1.165, 1.54) is 13.2 Å². The lowest BCUT2D eigenvalue weighted by Gasteiger charge is -2.23. The zero-order valence-electron chi connectivity index (χ0n) is 12.3. The van der Waals surface area contributed by atoms with Gasteiger partial charge in [0.15, 0.2) is 0 Å². The predicted octanol–water partition coefficient (Wildman–Crippen LogP) is 2.18. The molecule has 23 heavy (non-hydrogen) atoms. The van der Waals surface area contributed by atoms with Gasteiger partial charge < -0.3 is 14.6 Å². The number of hydrogen-bond acceptors (Lipinski definition) is 3. The highest BCUT2D eigenvalue weighted by atomic mass is 19.4. The summed E-state index contributed by atoms with van der Waals surface area (Å²) in [7, 11) is 1.32. The average molecular weight is 328 g/mol. The zero-order valence-corrected chi connectivity index (χ0v) is 12.3. The Kier molecular flexibility index (Phi) is 5.05. The van der Waals surface area contributed by atoms with Crippen molar-refractivity contribution >= 4 is 16.8 Å². The molecule has 1 N–H and O–H groups in total. The smallest absolute Gasteiger partial charge is 0.383 e. The quantitative estimate of drug-likeness (QED) is 0.915. The Labute approximate surface area is 129 Å². The third-order valence-corrected chi connectivity index (χ3v) is 3.21. The number of ether oxygens (including phenoxy) is 1. The first kappa shape index (κ1) is 17.0. The highest BCUT2D eigenvalue weighted by Gasteiger charge is 2.33. The first-order chi connectivity index (χ1) is 10.8. The third kappa shape index (κ3) is 4.32. The van der Waals surface area contributed by atoms with Crippen LogP contribution in [0.4, 0.5) is 13.2 Å². The van der Waals surface area contributed by atoms with Crippen molar-refractivity contribution in [1.29, 1.82) is 0 Å². The summed E-state index contributed by atoms with van der Waals surface area (Å²) in [6, 6.07) is 8.00. The molecule has 0 spiro atoms. The van der Waals surface area contributed by atoms with E-state index in [2.05, 4.69) is 4.98 Å². The number of hydrogen-bond donors (Lipinski definition) is 1. The van der Waals surface area contributed by atoms with Gasteiger partial charge in [-0.05, 0) is 17.5 Å². The molecule has 124 valence electrons. The Morgan fingerprint density at radius 3 is 2.65 bits per heavy atom. The molecule has 2 rings (SSSR count). The molecule has 0 aliphatic heterocycles. The molecule has 0 saturated heterocycles. The number of methoxy groups -OCH3 is 1. The Balaban J connectivity index is 2.38. The molecule has 0 fully saturated rings. The summed E-state index contributed by atoms with van der Waals surface area (Å²) < 4.78 is 42.7. The number of alkyl halides is 3. The lowest BCUT2D eigenvalue weighted by molar-refractivity contribution is -0.141. The largest absolute Gasteiger partial charge is 0.406 e. The van der Waals surface area contributed by atoms with Crippen molar-refractivity contribution < 1.29 is 22.7 Å². The summed E-state index contributed by atoms with van der Waals surface area (Å²) in [5.41, 5.74) is -0.546. The molecule has 1 aromatic carbocycles. The number of carbonyl (C=O) groups excluding carboxylic acids is 1. The fraction of sp³-hybridized carbons (Fsp3) is 0.333. The number of H-pyrrole nitrogens is 1. The average Bonchev–Trinajstić information content (AvgIpc) is 2.49. The molecular weight excluding hydrogens is 313 g/mol. The number of rotatable bonds is 5. The lowest BCUT2D eigenvalue weighted by atomic mass is 10.1. The maximum atomic E-state index is 12.6. The van der Waals surface area contributed by atoms with Gasteiger partial charge in [0, 0.05) is 19.2 Å². The van der Waals surface area contributed by atoms with Crippen LogP contribution in [-0.4, -0.2) is 48.8 Å². The molecule has 5 nitrogen and oxygen atoms in total. The van der Waals surface area contributed by atoms with Gasteiger partial charge in [-0.3, -0.25) is 9.59 Å². The fourth-order valence-electron chi connectivity index (χ4n) is 2.15. The maximum absolute atomic E-state index is 12.6. The van der Waals surface area contributed by atoms with Gasteiger partial charge in [0.2, 0.25) is 0 Å². The van der Waals surface area contributed by atoms with E-state index < -0.39 is 24.2 Å². The summed E-state index contributed by atoms with van der Waals surface area (Å²) in [5, 5.41) is 0.564. The van der Waals surface area contributed by atoms with Crippen LogP contribution in [0.1, 0.15) is 10.4 Å². The van der Waals surface area contributed by atoms with E-state index in [9.17, 15) is 22.8 Å². The normalized spacial score (nSPS) is 11.7. The predicted molar refractivity (Wildman–Crippen MR) is 78.4 cm³/mol. The fourth-order valence-corrected chi connectivity index (χ4v) is 2.15.